The summed E-state index contributed by atoms with van der Waals surface area (Å²) in [6.45, 7) is 0. The molecule has 2 nitrogen and oxygen atoms in total. The number of halogens is 2. The fourth-order valence-corrected chi connectivity index (χ4v) is 2.29. The fourth-order valence-electron chi connectivity index (χ4n) is 1.60. The summed E-state index contributed by atoms with van der Waals surface area (Å²) < 4.78 is 14.1. The second-order valence-electron chi connectivity index (χ2n) is 4.12. The van der Waals surface area contributed by atoms with Crippen LogP contribution in [-0.2, 0) is 0 Å². The van der Waals surface area contributed by atoms with Crippen molar-refractivity contribution >= 4 is 22.6 Å². The van der Waals surface area contributed by atoms with Crippen molar-refractivity contribution in [2.75, 3.05) is 0 Å². The summed E-state index contributed by atoms with van der Waals surface area (Å²) >= 11 is 2.02. The van der Waals surface area contributed by atoms with Crippen LogP contribution in [0.5, 0.6) is 0 Å². The van der Waals surface area contributed by atoms with E-state index in [1.54, 1.807) is 0 Å². The molecule has 14 heavy (non-hydrogen) atoms. The first-order valence-electron chi connectivity index (χ1n) is 4.98. The Kier molecular flexibility index (Phi) is 2.00. The largest absolute Gasteiger partial charge is 0.236 e. The van der Waals surface area contributed by atoms with E-state index in [2.05, 4.69) is 9.97 Å². The van der Waals surface area contributed by atoms with E-state index >= 15 is 0 Å². The molecule has 74 valence electrons. The molecule has 0 N–H and O–H groups in total. The molecule has 0 amide bonds. The van der Waals surface area contributed by atoms with Gasteiger partial charge in [-0.1, -0.05) is 0 Å². The van der Waals surface area contributed by atoms with E-state index in [1.165, 1.54) is 0 Å². The minimum atomic E-state index is -0.315. The first-order chi connectivity index (χ1) is 6.75. The normalized spacial score (nSPS) is 21.3. The van der Waals surface area contributed by atoms with Crippen LogP contribution < -0.4 is 0 Å². The Balaban J connectivity index is 2.06. The molecular formula is C10H10FIN2. The third-order valence-corrected chi connectivity index (χ3v) is 3.76. The Labute approximate surface area is 95.5 Å². The van der Waals surface area contributed by atoms with Crippen molar-refractivity contribution in [3.05, 3.63) is 21.0 Å². The van der Waals surface area contributed by atoms with Gasteiger partial charge in [-0.2, -0.15) is 4.39 Å². The summed E-state index contributed by atoms with van der Waals surface area (Å²) in [5.74, 6) is 1.38. The zero-order valence-electron chi connectivity index (χ0n) is 7.63. The fraction of sp³-hybridized carbons (Fsp3) is 0.600. The number of nitrogens with zero attached hydrogens (tertiary/aromatic N) is 2. The standard InChI is InChI=1S/C10H10FIN2/c11-9-7(12)8(5-1-2-5)13-10(14-9)6-3-4-6/h5-6H,1-4H2. The lowest BCUT2D eigenvalue weighted by molar-refractivity contribution is 0.556. The lowest BCUT2D eigenvalue weighted by atomic mass is 10.2. The van der Waals surface area contributed by atoms with Crippen LogP contribution in [-0.4, -0.2) is 9.97 Å². The van der Waals surface area contributed by atoms with Crippen molar-refractivity contribution in [2.24, 2.45) is 0 Å². The van der Waals surface area contributed by atoms with Crippen LogP contribution in [0.3, 0.4) is 0 Å². The number of aromatic nitrogens is 2. The van der Waals surface area contributed by atoms with Crippen LogP contribution >= 0.6 is 22.6 Å². The van der Waals surface area contributed by atoms with Crippen molar-refractivity contribution in [2.45, 2.75) is 37.5 Å². The summed E-state index contributed by atoms with van der Waals surface area (Å²) in [4.78, 5) is 8.42. The maximum Gasteiger partial charge on any atom is 0.229 e. The molecule has 0 spiro atoms. The number of hydrogen-bond acceptors (Lipinski definition) is 2. The highest BCUT2D eigenvalue weighted by Gasteiger charge is 2.33. The van der Waals surface area contributed by atoms with Gasteiger partial charge >= 0.3 is 0 Å². The Morgan fingerprint density at radius 3 is 2.29 bits per heavy atom. The third kappa shape index (κ3) is 1.53. The average Bonchev–Trinajstić information content (AvgIpc) is 3.04. The second-order valence-corrected chi connectivity index (χ2v) is 5.20. The van der Waals surface area contributed by atoms with E-state index in [4.69, 9.17) is 0 Å². The predicted octanol–water partition coefficient (Wildman–Crippen LogP) is 2.98. The molecule has 3 rings (SSSR count). The van der Waals surface area contributed by atoms with Gasteiger partial charge in [0.15, 0.2) is 0 Å². The molecule has 0 unspecified atom stereocenters. The van der Waals surface area contributed by atoms with E-state index in [0.29, 0.717) is 15.4 Å². The van der Waals surface area contributed by atoms with Crippen LogP contribution in [0.2, 0.25) is 0 Å². The van der Waals surface area contributed by atoms with Crippen molar-refractivity contribution in [3.63, 3.8) is 0 Å². The highest BCUT2D eigenvalue weighted by atomic mass is 127. The second kappa shape index (κ2) is 3.12. The Bertz CT molecular complexity index is 386. The van der Waals surface area contributed by atoms with Gasteiger partial charge in [0.25, 0.3) is 0 Å². The van der Waals surface area contributed by atoms with Crippen molar-refractivity contribution in [1.29, 1.82) is 0 Å². The highest BCUT2D eigenvalue weighted by molar-refractivity contribution is 14.1. The Morgan fingerprint density at radius 2 is 1.71 bits per heavy atom. The third-order valence-electron chi connectivity index (χ3n) is 2.76. The lowest BCUT2D eigenvalue weighted by Crippen LogP contribution is -2.04. The van der Waals surface area contributed by atoms with Gasteiger partial charge < -0.3 is 0 Å². The van der Waals surface area contributed by atoms with Gasteiger partial charge in [0.05, 0.1) is 9.26 Å². The van der Waals surface area contributed by atoms with Crippen molar-refractivity contribution in [3.8, 4) is 0 Å². The topological polar surface area (TPSA) is 25.8 Å². The summed E-state index contributed by atoms with van der Waals surface area (Å²) in [5, 5.41) is 0. The van der Waals surface area contributed by atoms with Crippen LogP contribution in [0.4, 0.5) is 4.39 Å². The lowest BCUT2D eigenvalue weighted by Gasteiger charge is -2.05. The predicted molar refractivity (Wildman–Crippen MR) is 58.7 cm³/mol. The first-order valence-corrected chi connectivity index (χ1v) is 6.06. The van der Waals surface area contributed by atoms with Crippen LogP contribution in [0.1, 0.15) is 49.0 Å². The summed E-state index contributed by atoms with van der Waals surface area (Å²) in [7, 11) is 0. The van der Waals surface area contributed by atoms with Gasteiger partial charge in [0, 0.05) is 11.8 Å². The molecule has 2 aliphatic carbocycles. The zero-order chi connectivity index (χ0) is 9.71. The van der Waals surface area contributed by atoms with Gasteiger partial charge in [0.1, 0.15) is 5.82 Å². The molecule has 0 bridgehead atoms. The van der Waals surface area contributed by atoms with Gasteiger partial charge in [-0.15, -0.1) is 0 Å². The van der Waals surface area contributed by atoms with E-state index < -0.39 is 0 Å². The first kappa shape index (κ1) is 9.00. The van der Waals surface area contributed by atoms with E-state index in [-0.39, 0.29) is 5.95 Å². The minimum absolute atomic E-state index is 0.315. The van der Waals surface area contributed by atoms with Crippen molar-refractivity contribution < 1.29 is 4.39 Å². The molecule has 1 heterocycles. The average molecular weight is 304 g/mol. The van der Waals surface area contributed by atoms with Gasteiger partial charge in [-0.3, -0.25) is 0 Å². The molecule has 4 heteroatoms. The summed E-state index contributed by atoms with van der Waals surface area (Å²) in [5.41, 5.74) is 0.958. The monoisotopic (exact) mass is 304 g/mol. The molecule has 0 aromatic carbocycles. The van der Waals surface area contributed by atoms with Gasteiger partial charge in [-0.25, -0.2) is 9.97 Å². The molecule has 0 saturated heterocycles. The molecule has 0 aliphatic heterocycles. The molecule has 1 aromatic heterocycles. The maximum absolute atomic E-state index is 13.5. The summed E-state index contributed by atoms with van der Waals surface area (Å²) in [6.07, 6.45) is 4.58. The van der Waals surface area contributed by atoms with Crippen LogP contribution in [0, 0.1) is 9.52 Å². The SMILES string of the molecule is Fc1nc(C2CC2)nc(C2CC2)c1I. The maximum atomic E-state index is 13.5. The molecule has 1 aromatic rings. The Hall–Kier alpha value is -0.260. The molecule has 2 aliphatic rings. The molecule has 0 radical (unpaired) electrons. The van der Waals surface area contributed by atoms with E-state index in [1.807, 2.05) is 22.6 Å². The van der Waals surface area contributed by atoms with Crippen molar-refractivity contribution in [1.82, 2.24) is 9.97 Å². The zero-order valence-corrected chi connectivity index (χ0v) is 9.79. The highest BCUT2D eigenvalue weighted by Crippen LogP contribution is 2.44. The minimum Gasteiger partial charge on any atom is -0.236 e. The number of hydrogen-bond donors (Lipinski definition) is 0. The molecule has 2 saturated carbocycles. The number of rotatable bonds is 2. The summed E-state index contributed by atoms with van der Waals surface area (Å²) in [6, 6.07) is 0. The Morgan fingerprint density at radius 1 is 1.07 bits per heavy atom. The van der Waals surface area contributed by atoms with E-state index in [9.17, 15) is 4.39 Å². The van der Waals surface area contributed by atoms with E-state index in [0.717, 1.165) is 37.2 Å². The van der Waals surface area contributed by atoms with Crippen LogP contribution in [0.15, 0.2) is 0 Å². The van der Waals surface area contributed by atoms with Gasteiger partial charge in [0.2, 0.25) is 5.95 Å². The molecule has 2 fully saturated rings. The molecule has 0 atom stereocenters. The quantitative estimate of drug-likeness (QED) is 0.620. The smallest absolute Gasteiger partial charge is 0.229 e. The van der Waals surface area contributed by atoms with Gasteiger partial charge in [-0.05, 0) is 48.3 Å². The van der Waals surface area contributed by atoms with Crippen LogP contribution in [0.25, 0.3) is 0 Å². The molecular weight excluding hydrogens is 294 g/mol.